The molecule has 0 aliphatic carbocycles. The molecule has 0 saturated carbocycles. The summed E-state index contributed by atoms with van der Waals surface area (Å²) in [6.07, 6.45) is 4.83. The maximum absolute atomic E-state index is 11.9. The number of amides is 1. The molecule has 1 saturated heterocycles. The summed E-state index contributed by atoms with van der Waals surface area (Å²) < 4.78 is 0. The molecule has 14 heavy (non-hydrogen) atoms. The molecule has 1 aliphatic heterocycles. The number of aromatic amines is 1. The summed E-state index contributed by atoms with van der Waals surface area (Å²) in [6.45, 7) is 1.66. The largest absolute Gasteiger partial charge is 0.382 e. The van der Waals surface area contributed by atoms with Gasteiger partial charge in [-0.25, -0.2) is 4.98 Å². The highest BCUT2D eigenvalue weighted by Gasteiger charge is 2.21. The van der Waals surface area contributed by atoms with E-state index in [0.717, 1.165) is 25.9 Å². The van der Waals surface area contributed by atoms with Gasteiger partial charge in [-0.15, -0.1) is 0 Å². The first kappa shape index (κ1) is 9.05. The fourth-order valence-corrected chi connectivity index (χ4v) is 1.73. The second kappa shape index (κ2) is 3.69. The average Bonchev–Trinajstić information content (AvgIpc) is 2.65. The lowest BCUT2D eigenvalue weighted by molar-refractivity contribution is 0.0720. The molecule has 0 bridgehead atoms. The number of nitrogen functional groups attached to an aromatic ring is 1. The quantitative estimate of drug-likeness (QED) is 0.688. The predicted octanol–water partition coefficient (Wildman–Crippen LogP) is 0.618. The van der Waals surface area contributed by atoms with E-state index < -0.39 is 0 Å². The second-order valence-corrected chi connectivity index (χ2v) is 3.52. The van der Waals surface area contributed by atoms with E-state index in [2.05, 4.69) is 9.97 Å². The van der Waals surface area contributed by atoms with Gasteiger partial charge in [-0.1, -0.05) is 0 Å². The van der Waals surface area contributed by atoms with E-state index >= 15 is 0 Å². The van der Waals surface area contributed by atoms with Crippen molar-refractivity contribution in [2.24, 2.45) is 0 Å². The van der Waals surface area contributed by atoms with Crippen molar-refractivity contribution in [3.05, 3.63) is 12.0 Å². The lowest BCUT2D eigenvalue weighted by Crippen LogP contribution is -2.36. The van der Waals surface area contributed by atoms with E-state index in [1.54, 1.807) is 0 Å². The summed E-state index contributed by atoms with van der Waals surface area (Å²) in [5, 5.41) is 0. The van der Waals surface area contributed by atoms with E-state index in [4.69, 9.17) is 5.73 Å². The summed E-state index contributed by atoms with van der Waals surface area (Å²) in [5.74, 6) is 0.264. The van der Waals surface area contributed by atoms with Crippen LogP contribution >= 0.6 is 0 Å². The maximum Gasteiger partial charge on any atom is 0.274 e. The van der Waals surface area contributed by atoms with Crippen molar-refractivity contribution < 1.29 is 4.79 Å². The van der Waals surface area contributed by atoms with Gasteiger partial charge in [-0.3, -0.25) is 4.79 Å². The Morgan fingerprint density at radius 2 is 2.14 bits per heavy atom. The van der Waals surface area contributed by atoms with E-state index in [1.165, 1.54) is 12.7 Å². The Hall–Kier alpha value is -1.52. The number of anilines is 1. The Labute approximate surface area is 82.3 Å². The van der Waals surface area contributed by atoms with Crippen molar-refractivity contribution >= 4 is 11.7 Å². The maximum atomic E-state index is 11.9. The Morgan fingerprint density at radius 1 is 1.43 bits per heavy atom. The zero-order valence-electron chi connectivity index (χ0n) is 7.99. The SMILES string of the molecule is Nc1nc[nH]c1C(=O)N1CCCCC1. The third kappa shape index (κ3) is 1.57. The number of nitrogens with two attached hydrogens (primary N) is 1. The van der Waals surface area contributed by atoms with Crippen LogP contribution in [0.2, 0.25) is 0 Å². The highest BCUT2D eigenvalue weighted by Crippen LogP contribution is 2.14. The fourth-order valence-electron chi connectivity index (χ4n) is 1.73. The number of piperidine rings is 1. The van der Waals surface area contributed by atoms with E-state index in [0.29, 0.717) is 11.5 Å². The summed E-state index contributed by atoms with van der Waals surface area (Å²) in [5.41, 5.74) is 5.98. The van der Waals surface area contributed by atoms with Gasteiger partial charge in [-0.05, 0) is 19.3 Å². The van der Waals surface area contributed by atoms with Crippen LogP contribution in [0.5, 0.6) is 0 Å². The first-order valence-corrected chi connectivity index (χ1v) is 4.87. The summed E-state index contributed by atoms with van der Waals surface area (Å²) in [4.78, 5) is 20.3. The summed E-state index contributed by atoms with van der Waals surface area (Å²) >= 11 is 0. The lowest BCUT2D eigenvalue weighted by atomic mass is 10.1. The average molecular weight is 194 g/mol. The number of imidazole rings is 1. The third-order valence-corrected chi connectivity index (χ3v) is 2.53. The lowest BCUT2D eigenvalue weighted by Gasteiger charge is -2.26. The van der Waals surface area contributed by atoms with Crippen LogP contribution in [0, 0.1) is 0 Å². The first-order chi connectivity index (χ1) is 6.79. The molecule has 0 atom stereocenters. The van der Waals surface area contributed by atoms with Crippen molar-refractivity contribution in [2.45, 2.75) is 19.3 Å². The van der Waals surface area contributed by atoms with E-state index in [1.807, 2.05) is 4.90 Å². The number of carbonyl (C=O) groups excluding carboxylic acids is 1. The number of aromatic nitrogens is 2. The fraction of sp³-hybridized carbons (Fsp3) is 0.556. The van der Waals surface area contributed by atoms with Crippen LogP contribution in [-0.2, 0) is 0 Å². The summed E-state index contributed by atoms with van der Waals surface area (Å²) in [6, 6.07) is 0. The van der Waals surface area contributed by atoms with Gasteiger partial charge in [0.2, 0.25) is 0 Å². The predicted molar refractivity (Wildman–Crippen MR) is 52.8 cm³/mol. The molecule has 1 aromatic heterocycles. The number of hydrogen-bond acceptors (Lipinski definition) is 3. The molecule has 2 heterocycles. The van der Waals surface area contributed by atoms with Crippen molar-refractivity contribution in [2.75, 3.05) is 18.8 Å². The van der Waals surface area contributed by atoms with Crippen molar-refractivity contribution in [3.63, 3.8) is 0 Å². The van der Waals surface area contributed by atoms with Crippen LogP contribution in [0.15, 0.2) is 6.33 Å². The van der Waals surface area contributed by atoms with Gasteiger partial charge in [0.25, 0.3) is 5.91 Å². The van der Waals surface area contributed by atoms with Crippen molar-refractivity contribution in [3.8, 4) is 0 Å². The van der Waals surface area contributed by atoms with Crippen LogP contribution in [-0.4, -0.2) is 33.9 Å². The molecule has 1 aromatic rings. The van der Waals surface area contributed by atoms with Gasteiger partial charge in [0.15, 0.2) is 5.82 Å². The number of nitrogens with one attached hydrogen (secondary N) is 1. The molecule has 5 nitrogen and oxygen atoms in total. The first-order valence-electron chi connectivity index (χ1n) is 4.87. The number of carbonyl (C=O) groups is 1. The topological polar surface area (TPSA) is 75.0 Å². The van der Waals surface area contributed by atoms with Crippen LogP contribution < -0.4 is 5.73 Å². The Morgan fingerprint density at radius 3 is 2.71 bits per heavy atom. The van der Waals surface area contributed by atoms with Gasteiger partial charge >= 0.3 is 0 Å². The normalized spacial score (nSPS) is 17.0. The second-order valence-electron chi connectivity index (χ2n) is 3.52. The number of rotatable bonds is 1. The summed E-state index contributed by atoms with van der Waals surface area (Å²) in [7, 11) is 0. The van der Waals surface area contributed by atoms with Crippen LogP contribution in [0.1, 0.15) is 29.8 Å². The van der Waals surface area contributed by atoms with Crippen LogP contribution in [0.4, 0.5) is 5.82 Å². The number of H-pyrrole nitrogens is 1. The van der Waals surface area contributed by atoms with Gasteiger partial charge in [0.05, 0.1) is 6.33 Å². The molecule has 2 rings (SSSR count). The zero-order valence-corrected chi connectivity index (χ0v) is 7.99. The number of likely N-dealkylation sites (tertiary alicyclic amines) is 1. The molecule has 5 heteroatoms. The number of hydrogen-bond donors (Lipinski definition) is 2. The van der Waals surface area contributed by atoms with E-state index in [-0.39, 0.29) is 5.91 Å². The van der Waals surface area contributed by atoms with Gasteiger partial charge < -0.3 is 15.6 Å². The zero-order chi connectivity index (χ0) is 9.97. The van der Waals surface area contributed by atoms with E-state index in [9.17, 15) is 4.79 Å². The number of nitrogens with zero attached hydrogens (tertiary/aromatic N) is 2. The molecule has 0 spiro atoms. The standard InChI is InChI=1S/C9H14N4O/c10-8-7(11-6-12-8)9(14)13-4-2-1-3-5-13/h6H,1-5,10H2,(H,11,12). The molecule has 0 radical (unpaired) electrons. The molecule has 1 amide bonds. The van der Waals surface area contributed by atoms with Crippen molar-refractivity contribution in [1.82, 2.24) is 14.9 Å². The van der Waals surface area contributed by atoms with Crippen molar-refractivity contribution in [1.29, 1.82) is 0 Å². The van der Waals surface area contributed by atoms with Crippen LogP contribution in [0.25, 0.3) is 0 Å². The van der Waals surface area contributed by atoms with Gasteiger partial charge in [-0.2, -0.15) is 0 Å². The molecule has 0 aromatic carbocycles. The third-order valence-electron chi connectivity index (χ3n) is 2.53. The van der Waals surface area contributed by atoms with Crippen LogP contribution in [0.3, 0.4) is 0 Å². The molecular formula is C9H14N4O. The Bertz CT molecular complexity index is 327. The molecule has 0 unspecified atom stereocenters. The molecule has 76 valence electrons. The Balaban J connectivity index is 2.11. The highest BCUT2D eigenvalue weighted by molar-refractivity contribution is 5.96. The highest BCUT2D eigenvalue weighted by atomic mass is 16.2. The molecule has 1 aliphatic rings. The molecule has 1 fully saturated rings. The Kier molecular flexibility index (Phi) is 2.39. The minimum Gasteiger partial charge on any atom is -0.382 e. The van der Waals surface area contributed by atoms with Gasteiger partial charge in [0, 0.05) is 13.1 Å². The van der Waals surface area contributed by atoms with Gasteiger partial charge in [0.1, 0.15) is 5.69 Å². The molecular weight excluding hydrogens is 180 g/mol. The molecule has 3 N–H and O–H groups in total. The monoisotopic (exact) mass is 194 g/mol. The minimum absolute atomic E-state index is 0.0281. The minimum atomic E-state index is -0.0281. The smallest absolute Gasteiger partial charge is 0.274 e.